The van der Waals surface area contributed by atoms with Gasteiger partial charge in [0.25, 0.3) is 5.69 Å². The van der Waals surface area contributed by atoms with Crippen LogP contribution in [0.4, 0.5) is 5.69 Å². The number of carbonyl (C=O) groups excluding carboxylic acids is 1. The maximum absolute atomic E-state index is 12.1. The zero-order chi connectivity index (χ0) is 18.4. The molecule has 0 radical (unpaired) electrons. The van der Waals surface area contributed by atoms with Crippen molar-refractivity contribution in [2.75, 3.05) is 46.8 Å². The largest absolute Gasteiger partial charge is 0.354 e. The van der Waals surface area contributed by atoms with Crippen LogP contribution in [0, 0.1) is 10.1 Å². The van der Waals surface area contributed by atoms with Crippen molar-refractivity contribution in [3.8, 4) is 0 Å². The first-order valence-corrected chi connectivity index (χ1v) is 9.33. The Morgan fingerprint density at radius 1 is 1.20 bits per heavy atom. The Bertz CT molecular complexity index is 629. The molecule has 2 rings (SSSR count). The summed E-state index contributed by atoms with van der Waals surface area (Å²) in [6.07, 6.45) is 0. The van der Waals surface area contributed by atoms with Gasteiger partial charge in [-0.25, -0.2) is 0 Å². The highest BCUT2D eigenvalue weighted by Crippen LogP contribution is 2.20. The molecule has 0 bridgehead atoms. The number of nitrogens with zero attached hydrogens (tertiary/aromatic N) is 4. The number of nitro groups is 1. The third-order valence-corrected chi connectivity index (χ3v) is 5.45. The van der Waals surface area contributed by atoms with Gasteiger partial charge in [-0.15, -0.1) is 0 Å². The second kappa shape index (κ2) is 9.12. The van der Waals surface area contributed by atoms with Gasteiger partial charge in [-0.2, -0.15) is 0 Å². The highest BCUT2D eigenvalue weighted by molar-refractivity contribution is 8.22. The molecule has 1 aliphatic rings. The number of nitro benzene ring substituents is 1. The summed E-state index contributed by atoms with van der Waals surface area (Å²) in [4.78, 5) is 28.2. The van der Waals surface area contributed by atoms with Crippen LogP contribution < -0.4 is 0 Å². The van der Waals surface area contributed by atoms with Crippen molar-refractivity contribution >= 4 is 39.9 Å². The Labute approximate surface area is 157 Å². The van der Waals surface area contributed by atoms with Gasteiger partial charge in [-0.1, -0.05) is 36.1 Å². The highest BCUT2D eigenvalue weighted by atomic mass is 32.2. The number of hydrogen-bond donors (Lipinski definition) is 0. The molecule has 1 amide bonds. The van der Waals surface area contributed by atoms with Gasteiger partial charge < -0.3 is 14.7 Å². The van der Waals surface area contributed by atoms with Gasteiger partial charge in [-0.05, 0) is 19.7 Å². The van der Waals surface area contributed by atoms with Crippen LogP contribution in [0.2, 0.25) is 0 Å². The molecule has 0 unspecified atom stereocenters. The van der Waals surface area contributed by atoms with E-state index >= 15 is 0 Å². The average Bonchev–Trinajstić information content (AvgIpc) is 2.59. The fraction of sp³-hybridized carbons (Fsp3) is 0.500. The molecule has 1 aromatic rings. The third kappa shape index (κ3) is 5.94. The van der Waals surface area contributed by atoms with Crippen molar-refractivity contribution in [3.05, 3.63) is 39.9 Å². The number of carbonyl (C=O) groups is 1. The van der Waals surface area contributed by atoms with Crippen LogP contribution in [0.5, 0.6) is 0 Å². The van der Waals surface area contributed by atoms with Crippen LogP contribution in [0.15, 0.2) is 24.3 Å². The van der Waals surface area contributed by atoms with Gasteiger partial charge in [0.05, 0.1) is 11.5 Å². The van der Waals surface area contributed by atoms with Crippen LogP contribution in [0.1, 0.15) is 5.56 Å². The predicted octanol–water partition coefficient (Wildman–Crippen LogP) is 1.82. The lowest BCUT2D eigenvalue weighted by molar-refractivity contribution is -0.384. The quantitative estimate of drug-likeness (QED) is 0.437. The SMILES string of the molecule is CN(C)CC(=O)N1CCN(C(=S)SCc2ccc([N+](=O)[O-])cc2)CC1. The summed E-state index contributed by atoms with van der Waals surface area (Å²) in [5.41, 5.74) is 1.09. The maximum Gasteiger partial charge on any atom is 0.269 e. The molecule has 136 valence electrons. The topological polar surface area (TPSA) is 69.9 Å². The second-order valence-electron chi connectivity index (χ2n) is 6.08. The van der Waals surface area contributed by atoms with Crippen LogP contribution in [-0.2, 0) is 10.5 Å². The number of thiocarbonyl (C=S) groups is 1. The molecule has 9 heteroatoms. The van der Waals surface area contributed by atoms with Crippen LogP contribution in [0.25, 0.3) is 0 Å². The van der Waals surface area contributed by atoms with E-state index in [9.17, 15) is 14.9 Å². The summed E-state index contributed by atoms with van der Waals surface area (Å²) in [6.45, 7) is 3.28. The normalized spacial score (nSPS) is 14.7. The second-order valence-corrected chi connectivity index (χ2v) is 7.69. The molecule has 1 heterocycles. The molecular weight excluding hydrogens is 360 g/mol. The third-order valence-electron chi connectivity index (χ3n) is 3.85. The lowest BCUT2D eigenvalue weighted by Crippen LogP contribution is -2.51. The number of non-ortho nitro benzene ring substituents is 1. The molecule has 0 spiro atoms. The lowest BCUT2D eigenvalue weighted by atomic mass is 10.2. The molecule has 0 N–H and O–H groups in total. The minimum absolute atomic E-state index is 0.0924. The van der Waals surface area contributed by atoms with Crippen molar-refractivity contribution in [1.82, 2.24) is 14.7 Å². The first-order chi connectivity index (χ1) is 11.9. The minimum Gasteiger partial charge on any atom is -0.354 e. The van der Waals surface area contributed by atoms with E-state index in [0.717, 1.165) is 23.0 Å². The van der Waals surface area contributed by atoms with E-state index in [4.69, 9.17) is 12.2 Å². The van der Waals surface area contributed by atoms with E-state index in [2.05, 4.69) is 4.90 Å². The fourth-order valence-electron chi connectivity index (χ4n) is 2.46. The molecule has 25 heavy (non-hydrogen) atoms. The van der Waals surface area contributed by atoms with Gasteiger partial charge in [-0.3, -0.25) is 14.9 Å². The summed E-state index contributed by atoms with van der Waals surface area (Å²) in [5, 5.41) is 10.7. The fourth-order valence-corrected chi connectivity index (χ4v) is 3.67. The zero-order valence-corrected chi connectivity index (χ0v) is 16.0. The van der Waals surface area contributed by atoms with Gasteiger partial charge in [0.15, 0.2) is 0 Å². The molecule has 0 aliphatic carbocycles. The summed E-state index contributed by atoms with van der Waals surface area (Å²) in [7, 11) is 3.77. The summed E-state index contributed by atoms with van der Waals surface area (Å²) in [6, 6.07) is 6.53. The molecule has 1 aliphatic heterocycles. The van der Waals surface area contributed by atoms with Crippen LogP contribution in [0.3, 0.4) is 0 Å². The Balaban J connectivity index is 1.77. The number of thioether (sulfide) groups is 1. The molecule has 1 aromatic carbocycles. The van der Waals surface area contributed by atoms with Gasteiger partial charge in [0, 0.05) is 44.1 Å². The summed E-state index contributed by atoms with van der Waals surface area (Å²) in [5.74, 6) is 0.825. The van der Waals surface area contributed by atoms with Crippen LogP contribution in [-0.4, -0.2) is 76.7 Å². The van der Waals surface area contributed by atoms with Crippen molar-refractivity contribution in [1.29, 1.82) is 0 Å². The molecule has 0 atom stereocenters. The predicted molar refractivity (Wildman–Crippen MR) is 104 cm³/mol. The first-order valence-electron chi connectivity index (χ1n) is 7.94. The number of hydrogen-bond acceptors (Lipinski definition) is 6. The number of benzene rings is 1. The Morgan fingerprint density at radius 3 is 2.28 bits per heavy atom. The number of amides is 1. The highest BCUT2D eigenvalue weighted by Gasteiger charge is 2.22. The number of piperazine rings is 1. The van der Waals surface area contributed by atoms with Gasteiger partial charge in [0.2, 0.25) is 5.91 Å². The minimum atomic E-state index is -0.404. The molecule has 1 saturated heterocycles. The average molecular weight is 383 g/mol. The Kier molecular flexibility index (Phi) is 7.15. The van der Waals surface area contributed by atoms with E-state index in [1.807, 2.05) is 23.9 Å². The van der Waals surface area contributed by atoms with Crippen LogP contribution >= 0.6 is 24.0 Å². The summed E-state index contributed by atoms with van der Waals surface area (Å²) < 4.78 is 0.804. The molecular formula is C16H22N4O3S2. The summed E-state index contributed by atoms with van der Waals surface area (Å²) >= 11 is 7.03. The number of rotatable bonds is 5. The Hall–Kier alpha value is -1.71. The van der Waals surface area contributed by atoms with E-state index in [1.165, 1.54) is 12.1 Å². The van der Waals surface area contributed by atoms with E-state index < -0.39 is 4.92 Å². The Morgan fingerprint density at radius 2 is 1.76 bits per heavy atom. The van der Waals surface area contributed by atoms with Crippen molar-refractivity contribution in [3.63, 3.8) is 0 Å². The first kappa shape index (κ1) is 19.6. The van der Waals surface area contributed by atoms with Crippen molar-refractivity contribution < 1.29 is 9.72 Å². The molecule has 0 aromatic heterocycles. The zero-order valence-electron chi connectivity index (χ0n) is 14.4. The van der Waals surface area contributed by atoms with Gasteiger partial charge in [0.1, 0.15) is 4.32 Å². The van der Waals surface area contributed by atoms with E-state index in [1.54, 1.807) is 23.9 Å². The molecule has 7 nitrogen and oxygen atoms in total. The lowest BCUT2D eigenvalue weighted by Gasteiger charge is -2.36. The van der Waals surface area contributed by atoms with E-state index in [0.29, 0.717) is 25.4 Å². The van der Waals surface area contributed by atoms with Crippen molar-refractivity contribution in [2.45, 2.75) is 5.75 Å². The smallest absolute Gasteiger partial charge is 0.269 e. The molecule has 1 fully saturated rings. The maximum atomic E-state index is 12.1. The van der Waals surface area contributed by atoms with Gasteiger partial charge >= 0.3 is 0 Å². The number of likely N-dealkylation sites (N-methyl/N-ethyl adjacent to an activating group) is 1. The monoisotopic (exact) mass is 382 g/mol. The van der Waals surface area contributed by atoms with E-state index in [-0.39, 0.29) is 11.6 Å². The standard InChI is InChI=1S/C16H22N4O3S2/c1-17(2)11-15(21)18-7-9-19(10-8-18)16(24)25-12-13-3-5-14(6-4-13)20(22)23/h3-6H,7-12H2,1-2H3. The van der Waals surface area contributed by atoms with Crippen molar-refractivity contribution in [2.24, 2.45) is 0 Å². The molecule has 0 saturated carbocycles.